The summed E-state index contributed by atoms with van der Waals surface area (Å²) in [6, 6.07) is 13.9. The van der Waals surface area contributed by atoms with Crippen LogP contribution in [0.15, 0.2) is 42.5 Å². The van der Waals surface area contributed by atoms with Gasteiger partial charge in [0.25, 0.3) is 0 Å². The maximum absolute atomic E-state index is 12.9. The Morgan fingerprint density at radius 3 is 2.52 bits per heavy atom. The van der Waals surface area contributed by atoms with Gasteiger partial charge in [0, 0.05) is 18.3 Å². The molecule has 1 atom stereocenters. The number of methoxy groups -OCH3 is 2. The standard InChI is InChI=1S/C26H34N2O4S/c1-19-7-11-21(12-8-19)27-25(29)17-33-18-26(30)28-15-5-4-6-22(28)13-9-20-10-14-23(31-2)24(16-20)32-3/h7-8,10-12,14,16,22H,4-6,9,13,15,17-18H2,1-3H3,(H,27,29). The van der Waals surface area contributed by atoms with Gasteiger partial charge in [-0.15, -0.1) is 11.8 Å². The fraction of sp³-hybridized carbons (Fsp3) is 0.462. The predicted octanol–water partition coefficient (Wildman–Crippen LogP) is 4.70. The number of nitrogens with one attached hydrogen (secondary N) is 1. The highest BCUT2D eigenvalue weighted by atomic mass is 32.2. The van der Waals surface area contributed by atoms with Crippen molar-refractivity contribution in [3.63, 3.8) is 0 Å². The third-order valence-corrected chi connectivity index (χ3v) is 6.87. The highest BCUT2D eigenvalue weighted by Gasteiger charge is 2.26. The molecule has 1 unspecified atom stereocenters. The number of anilines is 1. The number of carbonyl (C=O) groups excluding carboxylic acids is 2. The van der Waals surface area contributed by atoms with E-state index < -0.39 is 0 Å². The second kappa shape index (κ2) is 12.5. The van der Waals surface area contributed by atoms with Crippen molar-refractivity contribution in [3.05, 3.63) is 53.6 Å². The fourth-order valence-electron chi connectivity index (χ4n) is 4.15. The number of amides is 2. The summed E-state index contributed by atoms with van der Waals surface area (Å²) in [5.41, 5.74) is 3.10. The Kier molecular flexibility index (Phi) is 9.48. The van der Waals surface area contributed by atoms with Crippen LogP contribution in [0.3, 0.4) is 0 Å². The van der Waals surface area contributed by atoms with E-state index in [1.807, 2.05) is 48.2 Å². The van der Waals surface area contributed by atoms with Crippen LogP contribution in [0.4, 0.5) is 5.69 Å². The molecule has 0 aliphatic carbocycles. The molecule has 0 aromatic heterocycles. The summed E-state index contributed by atoms with van der Waals surface area (Å²) in [4.78, 5) is 27.1. The van der Waals surface area contributed by atoms with Gasteiger partial charge in [-0.2, -0.15) is 0 Å². The lowest BCUT2D eigenvalue weighted by atomic mass is 9.95. The summed E-state index contributed by atoms with van der Waals surface area (Å²) in [6.45, 7) is 2.81. The van der Waals surface area contributed by atoms with Gasteiger partial charge < -0.3 is 19.7 Å². The van der Waals surface area contributed by atoms with E-state index in [2.05, 4.69) is 11.4 Å². The number of carbonyl (C=O) groups is 2. The molecule has 1 N–H and O–H groups in total. The van der Waals surface area contributed by atoms with Crippen LogP contribution in [0.1, 0.15) is 36.8 Å². The van der Waals surface area contributed by atoms with E-state index in [1.54, 1.807) is 14.2 Å². The quantitative estimate of drug-likeness (QED) is 0.545. The topological polar surface area (TPSA) is 67.9 Å². The van der Waals surface area contributed by atoms with Crippen LogP contribution >= 0.6 is 11.8 Å². The number of nitrogens with zero attached hydrogens (tertiary/aromatic N) is 1. The van der Waals surface area contributed by atoms with E-state index in [1.165, 1.54) is 17.3 Å². The first-order valence-corrected chi connectivity index (χ1v) is 12.6. The summed E-state index contributed by atoms with van der Waals surface area (Å²) in [7, 11) is 3.27. The first-order valence-electron chi connectivity index (χ1n) is 11.4. The van der Waals surface area contributed by atoms with E-state index >= 15 is 0 Å². The second-order valence-electron chi connectivity index (χ2n) is 8.37. The molecule has 0 saturated carbocycles. The second-order valence-corrected chi connectivity index (χ2v) is 9.36. The lowest BCUT2D eigenvalue weighted by Crippen LogP contribution is -2.45. The maximum atomic E-state index is 12.9. The molecule has 0 spiro atoms. The zero-order valence-electron chi connectivity index (χ0n) is 19.8. The predicted molar refractivity (Wildman–Crippen MR) is 134 cm³/mol. The molecule has 1 heterocycles. The molecule has 33 heavy (non-hydrogen) atoms. The summed E-state index contributed by atoms with van der Waals surface area (Å²) in [5.74, 6) is 2.09. The van der Waals surface area contributed by atoms with Crippen LogP contribution in [0.2, 0.25) is 0 Å². The molecule has 1 aliphatic rings. The van der Waals surface area contributed by atoms with Crippen molar-refractivity contribution in [1.82, 2.24) is 4.90 Å². The number of likely N-dealkylation sites (tertiary alicyclic amines) is 1. The van der Waals surface area contributed by atoms with Gasteiger partial charge in [0.05, 0.1) is 25.7 Å². The summed E-state index contributed by atoms with van der Waals surface area (Å²) in [6.07, 6.45) is 5.00. The minimum atomic E-state index is -0.0831. The monoisotopic (exact) mass is 470 g/mol. The van der Waals surface area contributed by atoms with Crippen molar-refractivity contribution >= 4 is 29.3 Å². The molecule has 2 aromatic rings. The van der Waals surface area contributed by atoms with Gasteiger partial charge in [0.1, 0.15) is 0 Å². The van der Waals surface area contributed by atoms with Crippen LogP contribution in [-0.2, 0) is 16.0 Å². The van der Waals surface area contributed by atoms with Gasteiger partial charge in [-0.05, 0) is 68.9 Å². The summed E-state index contributed by atoms with van der Waals surface area (Å²) < 4.78 is 10.7. The molecular formula is C26H34N2O4S. The Morgan fingerprint density at radius 1 is 1.03 bits per heavy atom. The van der Waals surface area contributed by atoms with E-state index in [-0.39, 0.29) is 23.6 Å². The first-order chi connectivity index (χ1) is 16.0. The number of hydrogen-bond acceptors (Lipinski definition) is 5. The number of rotatable bonds is 10. The number of benzene rings is 2. The Balaban J connectivity index is 1.47. The van der Waals surface area contributed by atoms with Crippen molar-refractivity contribution in [2.45, 2.75) is 45.1 Å². The van der Waals surface area contributed by atoms with E-state index in [0.717, 1.165) is 61.4 Å². The minimum absolute atomic E-state index is 0.0831. The largest absolute Gasteiger partial charge is 0.493 e. The van der Waals surface area contributed by atoms with Crippen LogP contribution < -0.4 is 14.8 Å². The first kappa shape index (κ1) is 25.0. The smallest absolute Gasteiger partial charge is 0.234 e. The van der Waals surface area contributed by atoms with Crippen molar-refractivity contribution in [2.24, 2.45) is 0 Å². The van der Waals surface area contributed by atoms with Crippen molar-refractivity contribution in [3.8, 4) is 11.5 Å². The van der Waals surface area contributed by atoms with Gasteiger partial charge in [-0.1, -0.05) is 23.8 Å². The lowest BCUT2D eigenvalue weighted by Gasteiger charge is -2.36. The van der Waals surface area contributed by atoms with Crippen molar-refractivity contribution in [2.75, 3.05) is 37.6 Å². The molecule has 3 rings (SSSR count). The molecule has 2 amide bonds. The molecule has 2 aromatic carbocycles. The number of hydrogen-bond donors (Lipinski definition) is 1. The summed E-state index contributed by atoms with van der Waals surface area (Å²) >= 11 is 1.38. The lowest BCUT2D eigenvalue weighted by molar-refractivity contribution is -0.132. The van der Waals surface area contributed by atoms with Crippen LogP contribution in [0.5, 0.6) is 11.5 Å². The third-order valence-electron chi connectivity index (χ3n) is 5.96. The molecule has 0 radical (unpaired) electrons. The van der Waals surface area contributed by atoms with E-state index in [9.17, 15) is 9.59 Å². The molecule has 7 heteroatoms. The van der Waals surface area contributed by atoms with E-state index in [4.69, 9.17) is 9.47 Å². The number of thioether (sulfide) groups is 1. The molecule has 0 bridgehead atoms. The SMILES string of the molecule is COc1ccc(CCC2CCCCN2C(=O)CSCC(=O)Nc2ccc(C)cc2)cc1OC. The fourth-order valence-corrected chi connectivity index (χ4v) is 4.85. The molecule has 1 aliphatic heterocycles. The minimum Gasteiger partial charge on any atom is -0.493 e. The maximum Gasteiger partial charge on any atom is 0.234 e. The Hall–Kier alpha value is -2.67. The Morgan fingerprint density at radius 2 is 1.79 bits per heavy atom. The average Bonchev–Trinajstić information content (AvgIpc) is 2.84. The Bertz CT molecular complexity index is 932. The van der Waals surface area contributed by atoms with Crippen LogP contribution in [-0.4, -0.2) is 55.0 Å². The number of piperidine rings is 1. The molecule has 178 valence electrons. The summed E-state index contributed by atoms with van der Waals surface area (Å²) in [5, 5.41) is 2.88. The molecule has 1 saturated heterocycles. The van der Waals surface area contributed by atoms with Gasteiger partial charge in [-0.3, -0.25) is 9.59 Å². The van der Waals surface area contributed by atoms with Gasteiger partial charge in [0.2, 0.25) is 11.8 Å². The molecule has 1 fully saturated rings. The van der Waals surface area contributed by atoms with Gasteiger partial charge in [-0.25, -0.2) is 0 Å². The number of ether oxygens (including phenoxy) is 2. The third kappa shape index (κ3) is 7.42. The van der Waals surface area contributed by atoms with Crippen molar-refractivity contribution < 1.29 is 19.1 Å². The normalized spacial score (nSPS) is 15.7. The van der Waals surface area contributed by atoms with Gasteiger partial charge in [0.15, 0.2) is 11.5 Å². The average molecular weight is 471 g/mol. The van der Waals surface area contributed by atoms with Gasteiger partial charge >= 0.3 is 0 Å². The molecule has 6 nitrogen and oxygen atoms in total. The Labute approximate surface area is 201 Å². The number of aryl methyl sites for hydroxylation is 2. The van der Waals surface area contributed by atoms with E-state index in [0.29, 0.717) is 5.75 Å². The highest BCUT2D eigenvalue weighted by Crippen LogP contribution is 2.29. The highest BCUT2D eigenvalue weighted by molar-refractivity contribution is 8.00. The van der Waals surface area contributed by atoms with Crippen molar-refractivity contribution in [1.29, 1.82) is 0 Å². The zero-order chi connectivity index (χ0) is 23.6. The molecular weight excluding hydrogens is 436 g/mol. The van der Waals surface area contributed by atoms with Crippen LogP contribution in [0, 0.1) is 6.92 Å². The zero-order valence-corrected chi connectivity index (χ0v) is 20.6. The van der Waals surface area contributed by atoms with Crippen LogP contribution in [0.25, 0.3) is 0 Å².